The Bertz CT molecular complexity index is 571. The molecule has 0 aliphatic heterocycles. The number of esters is 1. The van der Waals surface area contributed by atoms with Gasteiger partial charge < -0.3 is 9.30 Å². The molecule has 2 aromatic rings. The van der Waals surface area contributed by atoms with Crippen LogP contribution in [0.4, 0.5) is 0 Å². The van der Waals surface area contributed by atoms with Crippen LogP contribution in [0.2, 0.25) is 0 Å². The zero-order chi connectivity index (χ0) is 14.4. The Morgan fingerprint density at radius 3 is 2.85 bits per heavy atom. The molecule has 7 heteroatoms. The minimum absolute atomic E-state index is 0.230. The molecule has 6 nitrogen and oxygen atoms in total. The highest BCUT2D eigenvalue weighted by atomic mass is 32.2. The van der Waals surface area contributed by atoms with Crippen LogP contribution in [-0.4, -0.2) is 38.1 Å². The van der Waals surface area contributed by atoms with E-state index in [4.69, 9.17) is 4.74 Å². The lowest BCUT2D eigenvalue weighted by Crippen LogP contribution is -2.08. The molecular formula is C13H16N4O2S. The molecule has 0 aliphatic rings. The van der Waals surface area contributed by atoms with E-state index in [0.717, 1.165) is 5.69 Å². The minimum Gasteiger partial charge on any atom is -0.465 e. The number of carbonyl (C=O) groups is 1. The van der Waals surface area contributed by atoms with E-state index in [1.807, 2.05) is 29.7 Å². The summed E-state index contributed by atoms with van der Waals surface area (Å²) in [6.45, 7) is 4.89. The fourth-order valence-corrected chi connectivity index (χ4v) is 2.49. The monoisotopic (exact) mass is 292 g/mol. The van der Waals surface area contributed by atoms with Crippen LogP contribution in [0.1, 0.15) is 13.8 Å². The van der Waals surface area contributed by atoms with Crippen molar-refractivity contribution in [2.75, 3.05) is 12.4 Å². The smallest absolute Gasteiger partial charge is 0.316 e. The van der Waals surface area contributed by atoms with Gasteiger partial charge in [-0.3, -0.25) is 9.78 Å². The molecule has 0 bridgehead atoms. The predicted molar refractivity (Wildman–Crippen MR) is 76.3 cm³/mol. The molecule has 0 aliphatic carbocycles. The van der Waals surface area contributed by atoms with Crippen molar-refractivity contribution in [3.8, 4) is 11.5 Å². The van der Waals surface area contributed by atoms with Crippen molar-refractivity contribution >= 4 is 17.7 Å². The lowest BCUT2D eigenvalue weighted by molar-refractivity contribution is -0.139. The summed E-state index contributed by atoms with van der Waals surface area (Å²) in [7, 11) is 0. The van der Waals surface area contributed by atoms with E-state index in [0.29, 0.717) is 24.1 Å². The lowest BCUT2D eigenvalue weighted by atomic mass is 10.3. The average molecular weight is 292 g/mol. The Hall–Kier alpha value is -1.89. The SMILES string of the molecule is CCOC(=O)CSc1nnc(-c2ccccn2)n1CC. The third-order valence-corrected chi connectivity index (χ3v) is 3.49. The summed E-state index contributed by atoms with van der Waals surface area (Å²) in [5.41, 5.74) is 0.768. The van der Waals surface area contributed by atoms with Crippen molar-refractivity contribution in [1.82, 2.24) is 19.7 Å². The number of hydrogen-bond acceptors (Lipinski definition) is 6. The standard InChI is InChI=1S/C13H16N4O2S/c1-3-17-12(10-7-5-6-8-14-10)15-16-13(17)20-9-11(18)19-4-2/h5-8H,3-4,9H2,1-2H3. The number of aromatic nitrogens is 4. The quantitative estimate of drug-likeness (QED) is 0.599. The van der Waals surface area contributed by atoms with Gasteiger partial charge in [-0.05, 0) is 26.0 Å². The molecule has 2 rings (SSSR count). The first-order valence-electron chi connectivity index (χ1n) is 6.39. The van der Waals surface area contributed by atoms with Crippen LogP contribution in [-0.2, 0) is 16.1 Å². The first-order valence-corrected chi connectivity index (χ1v) is 7.37. The summed E-state index contributed by atoms with van der Waals surface area (Å²) in [5.74, 6) is 0.691. The molecule has 0 saturated heterocycles. The highest BCUT2D eigenvalue weighted by Gasteiger charge is 2.15. The predicted octanol–water partition coefficient (Wildman–Crippen LogP) is 2.02. The van der Waals surface area contributed by atoms with E-state index in [1.165, 1.54) is 11.8 Å². The molecule has 0 spiro atoms. The third-order valence-electron chi connectivity index (χ3n) is 2.55. The maximum atomic E-state index is 11.4. The topological polar surface area (TPSA) is 69.9 Å². The van der Waals surface area contributed by atoms with E-state index in [1.54, 1.807) is 13.1 Å². The van der Waals surface area contributed by atoms with Crippen molar-refractivity contribution < 1.29 is 9.53 Å². The molecule has 0 radical (unpaired) electrons. The number of pyridine rings is 1. The van der Waals surface area contributed by atoms with Gasteiger partial charge in [0.15, 0.2) is 11.0 Å². The molecule has 0 amide bonds. The number of hydrogen-bond donors (Lipinski definition) is 0. The summed E-state index contributed by atoms with van der Waals surface area (Å²) in [4.78, 5) is 15.7. The van der Waals surface area contributed by atoms with Crippen molar-refractivity contribution in [1.29, 1.82) is 0 Å². The van der Waals surface area contributed by atoms with Gasteiger partial charge >= 0.3 is 5.97 Å². The molecule has 2 aromatic heterocycles. The van der Waals surface area contributed by atoms with Gasteiger partial charge in [-0.15, -0.1) is 10.2 Å². The average Bonchev–Trinajstić information content (AvgIpc) is 2.89. The van der Waals surface area contributed by atoms with Gasteiger partial charge in [0.25, 0.3) is 0 Å². The fourth-order valence-electron chi connectivity index (χ4n) is 1.69. The molecule has 0 fully saturated rings. The van der Waals surface area contributed by atoms with Crippen molar-refractivity contribution in [3.05, 3.63) is 24.4 Å². The van der Waals surface area contributed by atoms with Gasteiger partial charge in [0, 0.05) is 12.7 Å². The van der Waals surface area contributed by atoms with Gasteiger partial charge in [-0.2, -0.15) is 0 Å². The summed E-state index contributed by atoms with van der Waals surface area (Å²) in [5, 5.41) is 8.98. The van der Waals surface area contributed by atoms with Crippen molar-refractivity contribution in [2.45, 2.75) is 25.5 Å². The fraction of sp³-hybridized carbons (Fsp3) is 0.385. The molecule has 2 heterocycles. The van der Waals surface area contributed by atoms with Gasteiger partial charge in [-0.25, -0.2) is 0 Å². The summed E-state index contributed by atoms with van der Waals surface area (Å²) < 4.78 is 6.84. The second-order valence-corrected chi connectivity index (χ2v) is 4.80. The van der Waals surface area contributed by atoms with Crippen molar-refractivity contribution in [3.63, 3.8) is 0 Å². The molecule has 106 valence electrons. The summed E-state index contributed by atoms with van der Waals surface area (Å²) in [6, 6.07) is 5.64. The Kier molecular flexibility index (Phi) is 5.11. The number of carbonyl (C=O) groups excluding carboxylic acids is 1. The Labute approximate surface area is 121 Å². The Morgan fingerprint density at radius 1 is 1.35 bits per heavy atom. The van der Waals surface area contributed by atoms with Gasteiger partial charge in [0.2, 0.25) is 0 Å². The first-order chi connectivity index (χ1) is 9.76. The lowest BCUT2D eigenvalue weighted by Gasteiger charge is -2.06. The van der Waals surface area contributed by atoms with Crippen LogP contribution in [0.3, 0.4) is 0 Å². The van der Waals surface area contributed by atoms with E-state index >= 15 is 0 Å². The third kappa shape index (κ3) is 3.36. The minimum atomic E-state index is -0.248. The van der Waals surface area contributed by atoms with E-state index in [9.17, 15) is 4.79 Å². The molecule has 0 atom stereocenters. The molecule has 20 heavy (non-hydrogen) atoms. The van der Waals surface area contributed by atoms with E-state index in [-0.39, 0.29) is 11.7 Å². The highest BCUT2D eigenvalue weighted by molar-refractivity contribution is 7.99. The largest absolute Gasteiger partial charge is 0.465 e. The van der Waals surface area contributed by atoms with Gasteiger partial charge in [0.05, 0.1) is 12.4 Å². The summed E-state index contributed by atoms with van der Waals surface area (Å²) >= 11 is 1.32. The van der Waals surface area contributed by atoms with Crippen LogP contribution in [0, 0.1) is 0 Å². The van der Waals surface area contributed by atoms with Crippen LogP contribution in [0.5, 0.6) is 0 Å². The van der Waals surface area contributed by atoms with E-state index in [2.05, 4.69) is 15.2 Å². The van der Waals surface area contributed by atoms with Crippen LogP contribution < -0.4 is 0 Å². The molecule has 0 aromatic carbocycles. The second kappa shape index (κ2) is 7.04. The maximum absolute atomic E-state index is 11.4. The Balaban J connectivity index is 2.16. The van der Waals surface area contributed by atoms with Crippen LogP contribution >= 0.6 is 11.8 Å². The van der Waals surface area contributed by atoms with Gasteiger partial charge in [0.1, 0.15) is 5.69 Å². The molecule has 0 unspecified atom stereocenters. The van der Waals surface area contributed by atoms with Crippen molar-refractivity contribution in [2.24, 2.45) is 0 Å². The number of rotatable bonds is 6. The zero-order valence-corrected chi connectivity index (χ0v) is 12.3. The van der Waals surface area contributed by atoms with E-state index < -0.39 is 0 Å². The zero-order valence-electron chi connectivity index (χ0n) is 11.4. The summed E-state index contributed by atoms with van der Waals surface area (Å²) in [6.07, 6.45) is 1.72. The maximum Gasteiger partial charge on any atom is 0.316 e. The highest BCUT2D eigenvalue weighted by Crippen LogP contribution is 2.22. The number of ether oxygens (including phenoxy) is 1. The molecular weight excluding hydrogens is 276 g/mol. The van der Waals surface area contributed by atoms with Gasteiger partial charge in [-0.1, -0.05) is 17.8 Å². The normalized spacial score (nSPS) is 10.5. The number of nitrogens with zero attached hydrogens (tertiary/aromatic N) is 4. The number of thioether (sulfide) groups is 1. The Morgan fingerprint density at radius 2 is 2.20 bits per heavy atom. The van der Waals surface area contributed by atoms with Crippen LogP contribution in [0.15, 0.2) is 29.6 Å². The molecule has 0 N–H and O–H groups in total. The second-order valence-electron chi connectivity index (χ2n) is 3.86. The van der Waals surface area contributed by atoms with Crippen LogP contribution in [0.25, 0.3) is 11.5 Å². The molecule has 0 saturated carbocycles. The first kappa shape index (κ1) is 14.5.